The molecule has 0 atom stereocenters. The van der Waals surface area contributed by atoms with Crippen LogP contribution in [0.3, 0.4) is 0 Å². The van der Waals surface area contributed by atoms with Crippen LogP contribution < -0.4 is 0 Å². The van der Waals surface area contributed by atoms with Crippen molar-refractivity contribution in [1.82, 2.24) is 0 Å². The Balaban J connectivity index is 0.000000288. The van der Waals surface area contributed by atoms with Crippen LogP contribution in [0.25, 0.3) is 0 Å². The second kappa shape index (κ2) is 7.81. The van der Waals surface area contributed by atoms with Crippen LogP contribution in [0.5, 0.6) is 0 Å². The molecule has 0 aromatic carbocycles. The van der Waals surface area contributed by atoms with E-state index >= 15 is 0 Å². The van der Waals surface area contributed by atoms with Gasteiger partial charge in [-0.05, 0) is 6.92 Å². The van der Waals surface area contributed by atoms with Gasteiger partial charge in [-0.3, -0.25) is 9.05 Å². The minimum atomic E-state index is -3.07. The Kier molecular flexibility index (Phi) is 7.62. The van der Waals surface area contributed by atoms with Gasteiger partial charge < -0.3 is 9.84 Å². The van der Waals surface area contributed by atoms with E-state index in [2.05, 4.69) is 20.4 Å². The Labute approximate surface area is 98.5 Å². The highest BCUT2D eigenvalue weighted by molar-refractivity contribution is 7.81. The van der Waals surface area contributed by atoms with Crippen molar-refractivity contribution < 1.29 is 28.3 Å². The first kappa shape index (κ1) is 15.6. The van der Waals surface area contributed by atoms with Crippen LogP contribution >= 0.6 is 18.2 Å². The van der Waals surface area contributed by atoms with E-state index in [-0.39, 0.29) is 13.2 Å². The number of carbonyl (C=O) groups excluding carboxylic acids is 1. The third-order valence-corrected chi connectivity index (χ3v) is 2.81. The Bertz CT molecular complexity index is 282. The molecule has 1 rings (SSSR count). The lowest BCUT2D eigenvalue weighted by molar-refractivity contribution is -0.139. The molecule has 16 heavy (non-hydrogen) atoms. The maximum absolute atomic E-state index is 10.5. The second-order valence-electron chi connectivity index (χ2n) is 2.74. The monoisotopic (exact) mass is 272 g/mol. The van der Waals surface area contributed by atoms with Crippen molar-refractivity contribution in [3.05, 3.63) is 12.2 Å². The molecule has 94 valence electrons. The zero-order chi connectivity index (χ0) is 12.6. The molecule has 0 radical (unpaired) electrons. The van der Waals surface area contributed by atoms with Crippen LogP contribution in [-0.4, -0.2) is 37.5 Å². The molecule has 1 aliphatic heterocycles. The zero-order valence-electron chi connectivity index (χ0n) is 8.85. The van der Waals surface area contributed by atoms with Crippen molar-refractivity contribution in [3.63, 3.8) is 0 Å². The van der Waals surface area contributed by atoms with E-state index in [9.17, 15) is 9.36 Å². The van der Waals surface area contributed by atoms with Crippen molar-refractivity contribution >= 4 is 24.2 Å². The lowest BCUT2D eigenvalue weighted by Crippen LogP contribution is -2.08. The summed E-state index contributed by atoms with van der Waals surface area (Å²) in [5.41, 5.74) is 0.350. The molecule has 0 saturated carbocycles. The largest absolute Gasteiger partial charge is 0.460 e. The number of carbonyl (C=O) groups is 1. The Hall–Kier alpha value is -0.390. The topological polar surface area (TPSA) is 82.1 Å². The summed E-state index contributed by atoms with van der Waals surface area (Å²) in [4.78, 5) is 10.5. The summed E-state index contributed by atoms with van der Waals surface area (Å²) in [5.74, 6) is -0.455. The van der Waals surface area contributed by atoms with Gasteiger partial charge in [-0.2, -0.15) is 0 Å². The summed E-state index contributed by atoms with van der Waals surface area (Å²) in [7, 11) is 0. The van der Waals surface area contributed by atoms with E-state index in [1.165, 1.54) is 0 Å². The minimum Gasteiger partial charge on any atom is -0.460 e. The molecule has 0 spiro atoms. The van der Waals surface area contributed by atoms with E-state index in [4.69, 9.17) is 16.3 Å². The van der Waals surface area contributed by atoms with Gasteiger partial charge in [0, 0.05) is 16.8 Å². The lowest BCUT2D eigenvalue weighted by Gasteiger charge is -1.99. The lowest BCUT2D eigenvalue weighted by atomic mass is 10.4. The van der Waals surface area contributed by atoms with Crippen LogP contribution in [0.2, 0.25) is 0 Å². The first-order chi connectivity index (χ1) is 7.39. The number of halogens is 1. The van der Waals surface area contributed by atoms with Gasteiger partial charge in [-0.15, -0.1) is 0 Å². The van der Waals surface area contributed by atoms with Crippen LogP contribution in [0, 0.1) is 0 Å². The zero-order valence-corrected chi connectivity index (χ0v) is 10.5. The molecular weight excluding hydrogens is 259 g/mol. The van der Waals surface area contributed by atoms with Crippen LogP contribution in [0.1, 0.15) is 6.92 Å². The minimum absolute atomic E-state index is 0.0473. The molecule has 0 amide bonds. The normalized spacial score (nSPS) is 17.2. The fourth-order valence-electron chi connectivity index (χ4n) is 0.591. The fourth-order valence-corrected chi connectivity index (χ4v) is 1.67. The summed E-state index contributed by atoms with van der Waals surface area (Å²) in [6, 6.07) is 0. The van der Waals surface area contributed by atoms with Gasteiger partial charge in [0.15, 0.2) is 0 Å². The van der Waals surface area contributed by atoms with Gasteiger partial charge >= 0.3 is 12.9 Å². The number of hydrogen-bond donors (Lipinski definition) is 1. The predicted molar refractivity (Wildman–Crippen MR) is 58.2 cm³/mol. The molecule has 0 bridgehead atoms. The molecule has 0 aromatic heterocycles. The molecule has 8 heteroatoms. The average Bonchev–Trinajstić information content (AvgIpc) is 2.60. The first-order valence-electron chi connectivity index (χ1n) is 4.41. The molecule has 1 fully saturated rings. The van der Waals surface area contributed by atoms with Gasteiger partial charge in [-0.1, -0.05) is 6.58 Å². The van der Waals surface area contributed by atoms with E-state index in [1.807, 2.05) is 0 Å². The molecule has 0 unspecified atom stereocenters. The van der Waals surface area contributed by atoms with E-state index in [0.29, 0.717) is 18.8 Å². The Morgan fingerprint density at radius 3 is 2.31 bits per heavy atom. The molecule has 6 nitrogen and oxygen atoms in total. The third-order valence-electron chi connectivity index (χ3n) is 1.25. The number of hydrogen-bond acceptors (Lipinski definition) is 6. The third kappa shape index (κ3) is 7.84. The number of aliphatic hydroxyl groups is 1. The maximum Gasteiger partial charge on any atom is 0.424 e. The van der Waals surface area contributed by atoms with Crippen LogP contribution in [0.15, 0.2) is 12.2 Å². The molecule has 0 aromatic rings. The molecule has 0 aliphatic carbocycles. The summed E-state index contributed by atoms with van der Waals surface area (Å²) in [5, 5.41) is 8.19. The highest BCUT2D eigenvalue weighted by atomic mass is 35.7. The van der Waals surface area contributed by atoms with Gasteiger partial charge in [-0.25, -0.2) is 9.36 Å². The number of ether oxygens (including phenoxy) is 1. The maximum atomic E-state index is 10.5. The molecule has 1 N–H and O–H groups in total. The van der Waals surface area contributed by atoms with Crippen LogP contribution in [0.4, 0.5) is 0 Å². The quantitative estimate of drug-likeness (QED) is 0.476. The Morgan fingerprint density at radius 2 is 2.06 bits per heavy atom. The summed E-state index contributed by atoms with van der Waals surface area (Å²) in [6.45, 7) is 2.44. The van der Waals surface area contributed by atoms with E-state index < -0.39 is 12.9 Å². The highest BCUT2D eigenvalue weighted by Crippen LogP contribution is 2.56. The molecular formula is C8H14ClO6P. The molecule has 1 aliphatic rings. The summed E-state index contributed by atoms with van der Waals surface area (Å²) < 4.78 is 23.7. The summed E-state index contributed by atoms with van der Waals surface area (Å²) in [6.07, 6.45) is 0. The number of aliphatic hydroxyl groups excluding tert-OH is 1. The first-order valence-corrected chi connectivity index (χ1v) is 6.86. The SMILES string of the molecule is C=C(C)C(=O)OCCO.O=P1(Cl)OCCO1. The molecule has 1 heterocycles. The standard InChI is InChI=1S/C6H10O3.C2H4ClO3P/c1-5(2)6(8)9-4-3-7;3-7(4)5-1-2-6-7/h7H,1,3-4H2,2H3;1-2H2. The van der Waals surface area contributed by atoms with Crippen molar-refractivity contribution in [2.45, 2.75) is 6.92 Å². The van der Waals surface area contributed by atoms with Gasteiger partial charge in [0.1, 0.15) is 6.61 Å². The van der Waals surface area contributed by atoms with Gasteiger partial charge in [0.05, 0.1) is 19.8 Å². The fraction of sp³-hybridized carbons (Fsp3) is 0.625. The predicted octanol–water partition coefficient (Wildman–Crippen LogP) is 1.48. The van der Waals surface area contributed by atoms with Gasteiger partial charge in [0.2, 0.25) is 0 Å². The highest BCUT2D eigenvalue weighted by Gasteiger charge is 2.25. The number of rotatable bonds is 3. The Morgan fingerprint density at radius 1 is 1.56 bits per heavy atom. The second-order valence-corrected chi connectivity index (χ2v) is 5.36. The van der Waals surface area contributed by atoms with E-state index in [0.717, 1.165) is 0 Å². The average molecular weight is 273 g/mol. The number of esters is 1. The van der Waals surface area contributed by atoms with Crippen LogP contribution in [-0.2, 0) is 23.1 Å². The van der Waals surface area contributed by atoms with Crippen molar-refractivity contribution in [1.29, 1.82) is 0 Å². The summed E-state index contributed by atoms with van der Waals surface area (Å²) >= 11 is 5.08. The van der Waals surface area contributed by atoms with Gasteiger partial charge in [0.25, 0.3) is 0 Å². The van der Waals surface area contributed by atoms with Crippen molar-refractivity contribution in [2.75, 3.05) is 26.4 Å². The van der Waals surface area contributed by atoms with Crippen molar-refractivity contribution in [3.8, 4) is 0 Å². The smallest absolute Gasteiger partial charge is 0.424 e. The van der Waals surface area contributed by atoms with E-state index in [1.54, 1.807) is 6.92 Å². The van der Waals surface area contributed by atoms with Crippen molar-refractivity contribution in [2.24, 2.45) is 0 Å². The molecule has 1 saturated heterocycles.